The summed E-state index contributed by atoms with van der Waals surface area (Å²) in [6.07, 6.45) is 0. The standard InChI is InChI=1S/C16H15ClN6O5/c1-3-18-10-4-5-13(14(6-10)19-9(2)24)20-21-16-12(17)7-11(22(25)26)8-15(16)23(27)28/h4-8,18H,3H2,1-2H3,(H,19,24). The molecule has 2 aromatic carbocycles. The van der Waals surface area contributed by atoms with E-state index in [4.69, 9.17) is 11.6 Å². The SMILES string of the molecule is CCNc1ccc(N=Nc2c(Cl)cc([N+](=O)[O-])cc2[N+](=O)[O-])c(NC(C)=O)c1. The Balaban J connectivity index is 2.52. The fourth-order valence-electron chi connectivity index (χ4n) is 2.25. The number of non-ortho nitro benzene ring substituents is 1. The number of hydrogen-bond acceptors (Lipinski definition) is 8. The molecule has 28 heavy (non-hydrogen) atoms. The number of halogens is 1. The summed E-state index contributed by atoms with van der Waals surface area (Å²) < 4.78 is 0. The minimum atomic E-state index is -0.837. The van der Waals surface area contributed by atoms with E-state index in [1.54, 1.807) is 18.2 Å². The minimum absolute atomic E-state index is 0.223. The monoisotopic (exact) mass is 406 g/mol. The molecule has 0 aromatic heterocycles. The van der Waals surface area contributed by atoms with Gasteiger partial charge >= 0.3 is 5.69 Å². The molecule has 11 nitrogen and oxygen atoms in total. The van der Waals surface area contributed by atoms with Crippen molar-refractivity contribution < 1.29 is 14.6 Å². The first-order chi connectivity index (χ1) is 13.2. The molecule has 0 unspecified atom stereocenters. The minimum Gasteiger partial charge on any atom is -0.385 e. The average Bonchev–Trinajstić information content (AvgIpc) is 2.61. The van der Waals surface area contributed by atoms with Gasteiger partial charge in [-0.25, -0.2) is 0 Å². The molecule has 0 aliphatic rings. The first-order valence-electron chi connectivity index (χ1n) is 7.92. The van der Waals surface area contributed by atoms with Gasteiger partial charge in [0.15, 0.2) is 5.69 Å². The Morgan fingerprint density at radius 3 is 2.43 bits per heavy atom. The van der Waals surface area contributed by atoms with E-state index < -0.39 is 21.2 Å². The van der Waals surface area contributed by atoms with Gasteiger partial charge < -0.3 is 10.6 Å². The average molecular weight is 407 g/mol. The van der Waals surface area contributed by atoms with Gasteiger partial charge in [-0.15, -0.1) is 10.2 Å². The molecule has 0 heterocycles. The van der Waals surface area contributed by atoms with Gasteiger partial charge in [-0.1, -0.05) is 11.6 Å². The second kappa shape index (κ2) is 8.86. The third-order valence-corrected chi connectivity index (χ3v) is 3.67. The number of carbonyl (C=O) groups excluding carboxylic acids is 1. The number of carbonyl (C=O) groups is 1. The Morgan fingerprint density at radius 2 is 1.86 bits per heavy atom. The van der Waals surface area contributed by atoms with Crippen LogP contribution in [0.2, 0.25) is 5.02 Å². The number of benzene rings is 2. The Morgan fingerprint density at radius 1 is 1.14 bits per heavy atom. The van der Waals surface area contributed by atoms with Gasteiger partial charge in [0.2, 0.25) is 5.91 Å². The van der Waals surface area contributed by atoms with Crippen LogP contribution < -0.4 is 10.6 Å². The number of rotatable bonds is 7. The van der Waals surface area contributed by atoms with E-state index in [1.165, 1.54) is 6.92 Å². The molecule has 0 fully saturated rings. The van der Waals surface area contributed by atoms with Crippen LogP contribution in [0, 0.1) is 20.2 Å². The molecule has 0 saturated carbocycles. The third-order valence-electron chi connectivity index (χ3n) is 3.38. The zero-order chi connectivity index (χ0) is 20.8. The molecule has 2 rings (SSSR count). The van der Waals surface area contributed by atoms with Crippen molar-refractivity contribution in [3.05, 3.63) is 55.6 Å². The summed E-state index contributed by atoms with van der Waals surface area (Å²) in [4.78, 5) is 31.9. The normalized spacial score (nSPS) is 10.7. The number of hydrogen-bond donors (Lipinski definition) is 2. The summed E-state index contributed by atoms with van der Waals surface area (Å²) in [6.45, 7) is 3.88. The quantitative estimate of drug-likeness (QED) is 0.376. The maximum atomic E-state index is 11.4. The lowest BCUT2D eigenvalue weighted by atomic mass is 10.2. The highest BCUT2D eigenvalue weighted by molar-refractivity contribution is 6.33. The van der Waals surface area contributed by atoms with E-state index in [9.17, 15) is 25.0 Å². The molecule has 1 amide bonds. The van der Waals surface area contributed by atoms with E-state index in [0.717, 1.165) is 17.8 Å². The summed E-state index contributed by atoms with van der Waals surface area (Å²) >= 11 is 5.94. The van der Waals surface area contributed by atoms with Crippen LogP contribution in [0.1, 0.15) is 13.8 Å². The summed E-state index contributed by atoms with van der Waals surface area (Å²) in [5, 5.41) is 35.2. The highest BCUT2D eigenvalue weighted by Gasteiger charge is 2.23. The molecule has 0 saturated heterocycles. The molecule has 2 aromatic rings. The molecule has 0 bridgehead atoms. The van der Waals surface area contributed by atoms with Crippen LogP contribution in [0.25, 0.3) is 0 Å². The lowest BCUT2D eigenvalue weighted by Gasteiger charge is -2.09. The Labute approximate surface area is 163 Å². The lowest BCUT2D eigenvalue weighted by molar-refractivity contribution is -0.393. The summed E-state index contributed by atoms with van der Waals surface area (Å²) in [7, 11) is 0. The molecular formula is C16H15ClN6O5. The fraction of sp³-hybridized carbons (Fsp3) is 0.188. The lowest BCUT2D eigenvalue weighted by Crippen LogP contribution is -2.06. The zero-order valence-electron chi connectivity index (χ0n) is 14.8. The molecule has 0 aliphatic heterocycles. The number of amides is 1. The topological polar surface area (TPSA) is 152 Å². The van der Waals surface area contributed by atoms with Crippen molar-refractivity contribution in [2.45, 2.75) is 13.8 Å². The highest BCUT2D eigenvalue weighted by Crippen LogP contribution is 2.40. The molecule has 146 valence electrons. The Kier molecular flexibility index (Phi) is 6.55. The second-order valence-electron chi connectivity index (χ2n) is 5.45. The van der Waals surface area contributed by atoms with Gasteiger partial charge in [0.25, 0.3) is 5.69 Å². The number of nitro benzene ring substituents is 2. The third kappa shape index (κ3) is 4.98. The maximum absolute atomic E-state index is 11.4. The fourth-order valence-corrected chi connectivity index (χ4v) is 2.49. The van der Waals surface area contributed by atoms with E-state index in [1.807, 2.05) is 6.92 Å². The summed E-state index contributed by atoms with van der Waals surface area (Å²) in [5.41, 5.74) is -0.250. The van der Waals surface area contributed by atoms with Crippen LogP contribution in [0.5, 0.6) is 0 Å². The van der Waals surface area contributed by atoms with Crippen molar-refractivity contribution in [1.82, 2.24) is 0 Å². The van der Waals surface area contributed by atoms with E-state index in [0.29, 0.717) is 12.2 Å². The van der Waals surface area contributed by atoms with Crippen LogP contribution in [0.15, 0.2) is 40.6 Å². The summed E-state index contributed by atoms with van der Waals surface area (Å²) in [5.74, 6) is -0.343. The Bertz CT molecular complexity index is 978. The predicted octanol–water partition coefficient (Wildman–Crippen LogP) is 4.96. The number of nitrogens with one attached hydrogen (secondary N) is 2. The van der Waals surface area contributed by atoms with Crippen LogP contribution in [-0.4, -0.2) is 22.3 Å². The zero-order valence-corrected chi connectivity index (χ0v) is 15.6. The smallest absolute Gasteiger partial charge is 0.305 e. The van der Waals surface area contributed by atoms with Gasteiger partial charge in [0.05, 0.1) is 26.6 Å². The van der Waals surface area contributed by atoms with Gasteiger partial charge in [0.1, 0.15) is 5.69 Å². The van der Waals surface area contributed by atoms with Gasteiger partial charge in [-0.3, -0.25) is 25.0 Å². The first kappa shape index (κ1) is 20.7. The van der Waals surface area contributed by atoms with E-state index in [2.05, 4.69) is 20.9 Å². The van der Waals surface area contributed by atoms with E-state index >= 15 is 0 Å². The molecule has 0 aliphatic carbocycles. The second-order valence-corrected chi connectivity index (χ2v) is 5.86. The molecule has 0 spiro atoms. The largest absolute Gasteiger partial charge is 0.385 e. The highest BCUT2D eigenvalue weighted by atomic mass is 35.5. The molecule has 12 heteroatoms. The number of nitro groups is 2. The van der Waals surface area contributed by atoms with Crippen molar-refractivity contribution in [3.8, 4) is 0 Å². The molecule has 0 atom stereocenters. The van der Waals surface area contributed by atoms with Gasteiger partial charge in [-0.05, 0) is 25.1 Å². The van der Waals surface area contributed by atoms with E-state index in [-0.39, 0.29) is 22.3 Å². The maximum Gasteiger partial charge on any atom is 0.305 e. The predicted molar refractivity (Wildman–Crippen MR) is 104 cm³/mol. The van der Waals surface area contributed by atoms with Crippen LogP contribution >= 0.6 is 11.6 Å². The van der Waals surface area contributed by atoms with Crippen molar-refractivity contribution in [2.75, 3.05) is 17.2 Å². The van der Waals surface area contributed by atoms with Crippen molar-refractivity contribution >= 4 is 51.6 Å². The summed E-state index contributed by atoms with van der Waals surface area (Å²) in [6, 6.07) is 6.58. The number of azo groups is 1. The number of nitrogens with zero attached hydrogens (tertiary/aromatic N) is 4. The molecule has 2 N–H and O–H groups in total. The van der Waals surface area contributed by atoms with Crippen molar-refractivity contribution in [1.29, 1.82) is 0 Å². The van der Waals surface area contributed by atoms with Gasteiger partial charge in [0, 0.05) is 25.2 Å². The molecular weight excluding hydrogens is 392 g/mol. The van der Waals surface area contributed by atoms with Crippen LogP contribution in [-0.2, 0) is 4.79 Å². The van der Waals surface area contributed by atoms with Gasteiger partial charge in [-0.2, -0.15) is 0 Å². The first-order valence-corrected chi connectivity index (χ1v) is 8.30. The Hall–Kier alpha value is -3.60. The number of anilines is 2. The van der Waals surface area contributed by atoms with Crippen LogP contribution in [0.3, 0.4) is 0 Å². The van der Waals surface area contributed by atoms with Crippen molar-refractivity contribution in [2.24, 2.45) is 10.2 Å². The van der Waals surface area contributed by atoms with Crippen LogP contribution in [0.4, 0.5) is 34.1 Å². The van der Waals surface area contributed by atoms with Crippen molar-refractivity contribution in [3.63, 3.8) is 0 Å². The molecule has 0 radical (unpaired) electrons.